The number of rotatable bonds is 2. The number of benzene rings is 2. The van der Waals surface area contributed by atoms with Gasteiger partial charge in [-0.25, -0.2) is 0 Å². The van der Waals surface area contributed by atoms with Crippen molar-refractivity contribution in [3.8, 4) is 22.6 Å². The molecule has 22 heavy (non-hydrogen) atoms. The van der Waals surface area contributed by atoms with E-state index in [-0.39, 0.29) is 16.9 Å². The third kappa shape index (κ3) is 2.03. The zero-order valence-electron chi connectivity index (χ0n) is 11.7. The molecule has 3 rings (SSSR count). The number of fused-ring (bicyclic) bond motifs is 3. The van der Waals surface area contributed by atoms with E-state index in [1.165, 1.54) is 32.4 Å². The monoisotopic (exact) mass is 308 g/mol. The van der Waals surface area contributed by atoms with Crippen molar-refractivity contribution < 1.29 is 27.4 Å². The van der Waals surface area contributed by atoms with Gasteiger partial charge in [0.15, 0.2) is 17.3 Å². The van der Waals surface area contributed by atoms with Crippen LogP contribution in [0, 0.1) is 0 Å². The van der Waals surface area contributed by atoms with Crippen LogP contribution in [0.15, 0.2) is 30.3 Å². The Morgan fingerprint density at radius 3 is 1.91 bits per heavy atom. The first-order valence-corrected chi connectivity index (χ1v) is 6.39. The fraction of sp³-hybridized carbons (Fsp3) is 0.188. The second-order valence-electron chi connectivity index (χ2n) is 4.84. The zero-order chi connectivity index (χ0) is 16.1. The quantitative estimate of drug-likeness (QED) is 0.719. The molecule has 114 valence electrons. The van der Waals surface area contributed by atoms with Crippen LogP contribution in [-0.4, -0.2) is 20.0 Å². The summed E-state index contributed by atoms with van der Waals surface area (Å²) in [6, 6.07) is 6.13. The predicted octanol–water partition coefficient (Wildman–Crippen LogP) is 3.93. The van der Waals surface area contributed by atoms with Crippen molar-refractivity contribution in [2.24, 2.45) is 0 Å². The molecule has 0 heterocycles. The molecule has 0 saturated heterocycles. The lowest BCUT2D eigenvalue weighted by Crippen LogP contribution is -2.05. The van der Waals surface area contributed by atoms with Crippen molar-refractivity contribution in [3.63, 3.8) is 0 Å². The first-order chi connectivity index (χ1) is 10.4. The standard InChI is InChI=1S/C16H11F3O3/c1-21-13-6-11-10-5-8(16(17,18)19)3-4-9(10)15(20)12(11)7-14(13)22-2/h3-7H,1-2H3. The van der Waals surface area contributed by atoms with Crippen LogP contribution >= 0.6 is 0 Å². The summed E-state index contributed by atoms with van der Waals surface area (Å²) >= 11 is 0. The van der Waals surface area contributed by atoms with Crippen molar-refractivity contribution in [3.05, 3.63) is 47.0 Å². The van der Waals surface area contributed by atoms with Gasteiger partial charge in [-0.15, -0.1) is 0 Å². The summed E-state index contributed by atoms with van der Waals surface area (Å²) in [4.78, 5) is 12.3. The van der Waals surface area contributed by atoms with Gasteiger partial charge in [-0.1, -0.05) is 0 Å². The van der Waals surface area contributed by atoms with Gasteiger partial charge in [0.05, 0.1) is 19.8 Å². The van der Waals surface area contributed by atoms with E-state index < -0.39 is 11.7 Å². The molecule has 1 aliphatic carbocycles. The summed E-state index contributed by atoms with van der Waals surface area (Å²) in [6.45, 7) is 0. The molecule has 0 saturated carbocycles. The zero-order valence-corrected chi connectivity index (χ0v) is 11.7. The maximum Gasteiger partial charge on any atom is 0.416 e. The van der Waals surface area contributed by atoms with Gasteiger partial charge in [-0.3, -0.25) is 4.79 Å². The molecule has 0 bridgehead atoms. The molecule has 0 atom stereocenters. The number of carbonyl (C=O) groups is 1. The largest absolute Gasteiger partial charge is 0.493 e. The highest BCUT2D eigenvalue weighted by molar-refractivity contribution is 6.22. The highest BCUT2D eigenvalue weighted by Crippen LogP contribution is 2.44. The van der Waals surface area contributed by atoms with Crippen molar-refractivity contribution in [2.45, 2.75) is 6.18 Å². The maximum atomic E-state index is 12.9. The van der Waals surface area contributed by atoms with Gasteiger partial charge < -0.3 is 9.47 Å². The van der Waals surface area contributed by atoms with Gasteiger partial charge >= 0.3 is 6.18 Å². The minimum absolute atomic E-state index is 0.248. The molecule has 0 unspecified atom stereocenters. The first-order valence-electron chi connectivity index (χ1n) is 6.39. The van der Waals surface area contributed by atoms with E-state index in [1.54, 1.807) is 0 Å². The fourth-order valence-electron chi connectivity index (χ4n) is 2.58. The lowest BCUT2D eigenvalue weighted by molar-refractivity contribution is -0.137. The molecule has 0 aliphatic heterocycles. The van der Waals surface area contributed by atoms with Crippen LogP contribution in [0.25, 0.3) is 11.1 Å². The molecule has 0 fully saturated rings. The Labute approximate surface area is 124 Å². The summed E-state index contributed by atoms with van der Waals surface area (Å²) in [7, 11) is 2.85. The highest BCUT2D eigenvalue weighted by atomic mass is 19.4. The molecule has 0 N–H and O–H groups in total. The van der Waals surface area contributed by atoms with Crippen LogP contribution in [-0.2, 0) is 6.18 Å². The number of ether oxygens (including phenoxy) is 2. The van der Waals surface area contributed by atoms with Gasteiger partial charge in [-0.05, 0) is 41.5 Å². The van der Waals surface area contributed by atoms with E-state index in [2.05, 4.69) is 0 Å². The van der Waals surface area contributed by atoms with Crippen LogP contribution in [0.5, 0.6) is 11.5 Å². The highest BCUT2D eigenvalue weighted by Gasteiger charge is 2.35. The van der Waals surface area contributed by atoms with Gasteiger partial charge in [0.1, 0.15) is 0 Å². The number of carbonyl (C=O) groups excluding carboxylic acids is 1. The molecule has 2 aromatic rings. The lowest BCUT2D eigenvalue weighted by atomic mass is 10.0. The molecular formula is C16H11F3O3. The summed E-state index contributed by atoms with van der Waals surface area (Å²) in [5.74, 6) is 0.400. The number of hydrogen-bond donors (Lipinski definition) is 0. The van der Waals surface area contributed by atoms with E-state index >= 15 is 0 Å². The van der Waals surface area contributed by atoms with E-state index in [1.807, 2.05) is 0 Å². The van der Waals surface area contributed by atoms with Crippen LogP contribution < -0.4 is 9.47 Å². The summed E-state index contributed by atoms with van der Waals surface area (Å²) in [5, 5.41) is 0. The van der Waals surface area contributed by atoms with Crippen LogP contribution in [0.1, 0.15) is 21.5 Å². The predicted molar refractivity (Wildman–Crippen MR) is 73.4 cm³/mol. The Hall–Kier alpha value is -2.50. The number of alkyl halides is 3. The normalized spacial score (nSPS) is 12.9. The Morgan fingerprint density at radius 2 is 1.36 bits per heavy atom. The van der Waals surface area contributed by atoms with Gasteiger partial charge in [0.2, 0.25) is 0 Å². The SMILES string of the molecule is COc1cc2c(cc1OC)-c1cc(C(F)(F)F)ccc1C2=O. The molecule has 0 spiro atoms. The van der Waals surface area contributed by atoms with Crippen LogP contribution in [0.2, 0.25) is 0 Å². The molecule has 0 aromatic heterocycles. The second-order valence-corrected chi connectivity index (χ2v) is 4.84. The van der Waals surface area contributed by atoms with Crippen molar-refractivity contribution in [1.82, 2.24) is 0 Å². The van der Waals surface area contributed by atoms with E-state index in [4.69, 9.17) is 9.47 Å². The maximum absolute atomic E-state index is 12.9. The van der Waals surface area contributed by atoms with Gasteiger partial charge in [0.25, 0.3) is 0 Å². The van der Waals surface area contributed by atoms with Crippen molar-refractivity contribution in [1.29, 1.82) is 0 Å². The smallest absolute Gasteiger partial charge is 0.416 e. The van der Waals surface area contributed by atoms with Crippen LogP contribution in [0.3, 0.4) is 0 Å². The Morgan fingerprint density at radius 1 is 0.818 bits per heavy atom. The minimum Gasteiger partial charge on any atom is -0.493 e. The average Bonchev–Trinajstić information content (AvgIpc) is 2.77. The van der Waals surface area contributed by atoms with Crippen LogP contribution in [0.4, 0.5) is 13.2 Å². The summed E-state index contributed by atoms with van der Waals surface area (Å²) in [6.07, 6.45) is -4.46. The topological polar surface area (TPSA) is 35.5 Å². The molecule has 0 amide bonds. The van der Waals surface area contributed by atoms with Gasteiger partial charge in [0, 0.05) is 11.1 Å². The van der Waals surface area contributed by atoms with E-state index in [0.29, 0.717) is 22.6 Å². The number of hydrogen-bond acceptors (Lipinski definition) is 3. The lowest BCUT2D eigenvalue weighted by Gasteiger charge is -2.11. The molecular weight excluding hydrogens is 297 g/mol. The summed E-state index contributed by atoms with van der Waals surface area (Å²) in [5.41, 5.74) is 0.450. The second kappa shape index (κ2) is 4.76. The van der Waals surface area contributed by atoms with Crippen molar-refractivity contribution in [2.75, 3.05) is 14.2 Å². The molecule has 6 heteroatoms. The third-order valence-corrected chi connectivity index (χ3v) is 3.65. The fourth-order valence-corrected chi connectivity index (χ4v) is 2.58. The van der Waals surface area contributed by atoms with E-state index in [0.717, 1.165) is 12.1 Å². The number of methoxy groups -OCH3 is 2. The molecule has 0 radical (unpaired) electrons. The Kier molecular flexibility index (Phi) is 3.12. The average molecular weight is 308 g/mol. The third-order valence-electron chi connectivity index (χ3n) is 3.65. The molecule has 2 aromatic carbocycles. The Balaban J connectivity index is 2.25. The molecule has 3 nitrogen and oxygen atoms in total. The Bertz CT molecular complexity index is 779. The summed E-state index contributed by atoms with van der Waals surface area (Å²) < 4.78 is 48.9. The number of halogens is 3. The van der Waals surface area contributed by atoms with Gasteiger partial charge in [-0.2, -0.15) is 13.2 Å². The first kappa shape index (κ1) is 14.4. The minimum atomic E-state index is -4.46. The molecule has 1 aliphatic rings. The van der Waals surface area contributed by atoms with Crippen molar-refractivity contribution >= 4 is 5.78 Å². The number of ketones is 1. The van der Waals surface area contributed by atoms with E-state index in [9.17, 15) is 18.0 Å².